The van der Waals surface area contributed by atoms with E-state index >= 15 is 0 Å². The molecule has 0 spiro atoms. The van der Waals surface area contributed by atoms with E-state index in [0.717, 1.165) is 32.7 Å². The maximum absolute atomic E-state index is 12.5. The van der Waals surface area contributed by atoms with E-state index in [2.05, 4.69) is 16.6 Å². The van der Waals surface area contributed by atoms with Crippen LogP contribution in [0.5, 0.6) is 0 Å². The number of carbonyl (C=O) groups excluding carboxylic acids is 1. The minimum absolute atomic E-state index is 0.0891. The fraction of sp³-hybridized carbons (Fsp3) is 0.600. The van der Waals surface area contributed by atoms with Gasteiger partial charge in [0.25, 0.3) is 5.91 Å². The number of hydrogen-bond acceptors (Lipinski definition) is 3. The van der Waals surface area contributed by atoms with Crippen molar-refractivity contribution < 1.29 is 4.79 Å². The van der Waals surface area contributed by atoms with Crippen molar-refractivity contribution >= 4 is 5.91 Å². The largest absolute Gasteiger partial charge is 0.335 e. The first kappa shape index (κ1) is 14.8. The fourth-order valence-electron chi connectivity index (χ4n) is 2.55. The highest BCUT2D eigenvalue weighted by Gasteiger charge is 2.24. The maximum atomic E-state index is 12.5. The SMILES string of the molecule is C=C(C)CN1CCN(C(=O)c2ccnn2C(C)C)CC1. The lowest BCUT2D eigenvalue weighted by Gasteiger charge is -2.34. The number of nitrogens with zero attached hydrogens (tertiary/aromatic N) is 4. The predicted molar refractivity (Wildman–Crippen MR) is 79.8 cm³/mol. The monoisotopic (exact) mass is 276 g/mol. The molecule has 1 aromatic rings. The van der Waals surface area contributed by atoms with E-state index in [1.165, 1.54) is 5.57 Å². The molecule has 0 aromatic carbocycles. The molecule has 2 heterocycles. The van der Waals surface area contributed by atoms with Gasteiger partial charge in [0.1, 0.15) is 5.69 Å². The molecule has 1 saturated heterocycles. The Kier molecular flexibility index (Phi) is 4.60. The Morgan fingerprint density at radius 1 is 1.35 bits per heavy atom. The maximum Gasteiger partial charge on any atom is 0.272 e. The Morgan fingerprint density at radius 2 is 2.00 bits per heavy atom. The highest BCUT2D eigenvalue weighted by Crippen LogP contribution is 2.13. The summed E-state index contributed by atoms with van der Waals surface area (Å²) >= 11 is 0. The minimum Gasteiger partial charge on any atom is -0.335 e. The van der Waals surface area contributed by atoms with E-state index in [-0.39, 0.29) is 11.9 Å². The summed E-state index contributed by atoms with van der Waals surface area (Å²) in [5.74, 6) is 0.0891. The summed E-state index contributed by atoms with van der Waals surface area (Å²) in [6.45, 7) is 14.3. The Labute approximate surface area is 120 Å². The molecule has 110 valence electrons. The molecule has 20 heavy (non-hydrogen) atoms. The molecule has 2 rings (SSSR count). The van der Waals surface area contributed by atoms with Crippen molar-refractivity contribution in [2.45, 2.75) is 26.8 Å². The number of rotatable bonds is 4. The van der Waals surface area contributed by atoms with Crippen LogP contribution in [-0.2, 0) is 0 Å². The van der Waals surface area contributed by atoms with Crippen LogP contribution in [0.25, 0.3) is 0 Å². The zero-order valence-electron chi connectivity index (χ0n) is 12.7. The van der Waals surface area contributed by atoms with Gasteiger partial charge >= 0.3 is 0 Å². The molecule has 1 fully saturated rings. The van der Waals surface area contributed by atoms with Gasteiger partial charge in [0.05, 0.1) is 0 Å². The normalized spacial score (nSPS) is 16.7. The molecule has 0 aliphatic carbocycles. The number of piperazine rings is 1. The molecule has 0 radical (unpaired) electrons. The molecular weight excluding hydrogens is 252 g/mol. The van der Waals surface area contributed by atoms with Gasteiger partial charge in [-0.1, -0.05) is 12.2 Å². The lowest BCUT2D eigenvalue weighted by atomic mass is 10.2. The quantitative estimate of drug-likeness (QED) is 0.787. The molecular formula is C15H24N4O. The van der Waals surface area contributed by atoms with E-state index in [9.17, 15) is 4.79 Å². The van der Waals surface area contributed by atoms with E-state index in [1.54, 1.807) is 10.9 Å². The molecule has 0 bridgehead atoms. The second-order valence-corrected chi connectivity index (χ2v) is 5.78. The predicted octanol–water partition coefficient (Wildman–Crippen LogP) is 1.80. The lowest BCUT2D eigenvalue weighted by molar-refractivity contribution is 0.0633. The van der Waals surface area contributed by atoms with E-state index in [4.69, 9.17) is 0 Å². The third-order valence-corrected chi connectivity index (χ3v) is 3.53. The number of aromatic nitrogens is 2. The van der Waals surface area contributed by atoms with E-state index in [0.29, 0.717) is 5.69 Å². The highest BCUT2D eigenvalue weighted by atomic mass is 16.2. The number of amides is 1. The third-order valence-electron chi connectivity index (χ3n) is 3.53. The first-order chi connectivity index (χ1) is 9.49. The van der Waals surface area contributed by atoms with Crippen LogP contribution < -0.4 is 0 Å². The van der Waals surface area contributed by atoms with Crippen molar-refractivity contribution in [1.29, 1.82) is 0 Å². The molecule has 0 unspecified atom stereocenters. The third kappa shape index (κ3) is 3.28. The zero-order valence-corrected chi connectivity index (χ0v) is 12.7. The van der Waals surface area contributed by atoms with E-state index in [1.807, 2.05) is 31.7 Å². The lowest BCUT2D eigenvalue weighted by Crippen LogP contribution is -2.49. The minimum atomic E-state index is 0.0891. The second kappa shape index (κ2) is 6.22. The Hall–Kier alpha value is -1.62. The van der Waals surface area contributed by atoms with Gasteiger partial charge in [-0.05, 0) is 26.8 Å². The van der Waals surface area contributed by atoms with Gasteiger partial charge in [0.2, 0.25) is 0 Å². The van der Waals surface area contributed by atoms with Gasteiger partial charge in [-0.2, -0.15) is 5.10 Å². The average molecular weight is 276 g/mol. The molecule has 1 amide bonds. The van der Waals surface area contributed by atoms with Crippen molar-refractivity contribution in [2.24, 2.45) is 0 Å². The Balaban J connectivity index is 1.98. The topological polar surface area (TPSA) is 41.4 Å². The fourth-order valence-corrected chi connectivity index (χ4v) is 2.55. The summed E-state index contributed by atoms with van der Waals surface area (Å²) in [5.41, 5.74) is 1.86. The van der Waals surface area contributed by atoms with Crippen molar-refractivity contribution in [3.63, 3.8) is 0 Å². The van der Waals surface area contributed by atoms with Crippen molar-refractivity contribution in [1.82, 2.24) is 19.6 Å². The summed E-state index contributed by atoms with van der Waals surface area (Å²) in [6, 6.07) is 2.01. The van der Waals surface area contributed by atoms with Crippen LogP contribution in [-0.4, -0.2) is 58.2 Å². The van der Waals surface area contributed by atoms with Gasteiger partial charge in [0, 0.05) is 45.0 Å². The standard InChI is InChI=1S/C15H24N4O/c1-12(2)11-17-7-9-18(10-8-17)15(20)14-5-6-16-19(14)13(3)4/h5-6,13H,1,7-11H2,2-4H3. The molecule has 1 aliphatic heterocycles. The Morgan fingerprint density at radius 3 is 2.55 bits per heavy atom. The molecule has 5 nitrogen and oxygen atoms in total. The first-order valence-electron chi connectivity index (χ1n) is 7.18. The molecule has 5 heteroatoms. The second-order valence-electron chi connectivity index (χ2n) is 5.78. The van der Waals surface area contributed by atoms with Gasteiger partial charge in [-0.25, -0.2) is 0 Å². The Bertz CT molecular complexity index is 484. The van der Waals surface area contributed by atoms with Crippen LogP contribution in [0.2, 0.25) is 0 Å². The molecule has 1 aliphatic rings. The average Bonchev–Trinajstić information content (AvgIpc) is 2.87. The summed E-state index contributed by atoms with van der Waals surface area (Å²) in [5, 5.41) is 4.23. The van der Waals surface area contributed by atoms with Crippen LogP contribution in [0, 0.1) is 0 Å². The highest BCUT2D eigenvalue weighted by molar-refractivity contribution is 5.92. The van der Waals surface area contributed by atoms with Crippen molar-refractivity contribution in [2.75, 3.05) is 32.7 Å². The molecule has 1 aromatic heterocycles. The van der Waals surface area contributed by atoms with Crippen molar-refractivity contribution in [3.05, 3.63) is 30.1 Å². The van der Waals surface area contributed by atoms with Gasteiger partial charge < -0.3 is 4.90 Å². The van der Waals surface area contributed by atoms with Crippen LogP contribution in [0.3, 0.4) is 0 Å². The smallest absolute Gasteiger partial charge is 0.272 e. The summed E-state index contributed by atoms with van der Waals surface area (Å²) in [6.07, 6.45) is 1.70. The van der Waals surface area contributed by atoms with Gasteiger partial charge in [-0.3, -0.25) is 14.4 Å². The van der Waals surface area contributed by atoms with Gasteiger partial charge in [-0.15, -0.1) is 0 Å². The molecule has 0 saturated carbocycles. The van der Waals surface area contributed by atoms with Crippen LogP contribution in [0.15, 0.2) is 24.4 Å². The summed E-state index contributed by atoms with van der Waals surface area (Å²) < 4.78 is 1.79. The van der Waals surface area contributed by atoms with Crippen molar-refractivity contribution in [3.8, 4) is 0 Å². The van der Waals surface area contributed by atoms with Crippen LogP contribution >= 0.6 is 0 Å². The number of carbonyl (C=O) groups is 1. The van der Waals surface area contributed by atoms with E-state index < -0.39 is 0 Å². The first-order valence-corrected chi connectivity index (χ1v) is 7.18. The van der Waals surface area contributed by atoms with Crippen LogP contribution in [0.4, 0.5) is 0 Å². The summed E-state index contributed by atoms with van der Waals surface area (Å²) in [7, 11) is 0. The molecule has 0 N–H and O–H groups in total. The van der Waals surface area contributed by atoms with Gasteiger partial charge in [0.15, 0.2) is 0 Å². The molecule has 0 atom stereocenters. The zero-order chi connectivity index (χ0) is 14.7. The van der Waals surface area contributed by atoms with Crippen LogP contribution in [0.1, 0.15) is 37.3 Å². The number of hydrogen-bond donors (Lipinski definition) is 0. The summed E-state index contributed by atoms with van der Waals surface area (Å²) in [4.78, 5) is 16.8.